The molecule has 2 aromatic rings. The van der Waals surface area contributed by atoms with Gasteiger partial charge in [0.2, 0.25) is 5.91 Å². The highest BCUT2D eigenvalue weighted by molar-refractivity contribution is 5.81. The standard InChI is InChI=1S/C19H24N2O2/c1-4-9-21(19(22)15-6-7-15)12-16-11-18(23-20-16)17-8-5-13(2)10-14(17)3/h5,8,10-11,15H,4,6-7,9,12H2,1-3H3. The lowest BCUT2D eigenvalue weighted by Gasteiger charge is -2.20. The molecule has 3 rings (SSSR count). The van der Waals surface area contributed by atoms with Gasteiger partial charge in [0.05, 0.1) is 6.54 Å². The highest BCUT2D eigenvalue weighted by Crippen LogP contribution is 2.32. The van der Waals surface area contributed by atoms with Crippen molar-refractivity contribution in [1.29, 1.82) is 0 Å². The lowest BCUT2D eigenvalue weighted by molar-refractivity contribution is -0.133. The lowest BCUT2D eigenvalue weighted by Crippen LogP contribution is -2.32. The summed E-state index contributed by atoms with van der Waals surface area (Å²) in [6, 6.07) is 8.23. The summed E-state index contributed by atoms with van der Waals surface area (Å²) in [5.74, 6) is 1.28. The third kappa shape index (κ3) is 3.63. The van der Waals surface area contributed by atoms with E-state index in [4.69, 9.17) is 4.52 Å². The highest BCUT2D eigenvalue weighted by Gasteiger charge is 2.33. The molecule has 0 unspecified atom stereocenters. The summed E-state index contributed by atoms with van der Waals surface area (Å²) >= 11 is 0. The number of aromatic nitrogens is 1. The zero-order valence-electron chi connectivity index (χ0n) is 14.1. The fourth-order valence-electron chi connectivity index (χ4n) is 2.92. The van der Waals surface area contributed by atoms with Crippen LogP contribution in [0.15, 0.2) is 28.8 Å². The molecule has 1 fully saturated rings. The molecule has 1 saturated carbocycles. The van der Waals surface area contributed by atoms with Crippen LogP contribution in [0.25, 0.3) is 11.3 Å². The number of rotatable bonds is 6. The molecule has 1 aromatic heterocycles. The molecule has 0 bridgehead atoms. The molecule has 0 atom stereocenters. The van der Waals surface area contributed by atoms with E-state index in [1.54, 1.807) is 0 Å². The largest absolute Gasteiger partial charge is 0.356 e. The molecule has 4 heteroatoms. The van der Waals surface area contributed by atoms with Crippen LogP contribution in [0.1, 0.15) is 43.0 Å². The van der Waals surface area contributed by atoms with Gasteiger partial charge in [-0.15, -0.1) is 0 Å². The molecular formula is C19H24N2O2. The molecule has 122 valence electrons. The van der Waals surface area contributed by atoms with Gasteiger partial charge in [-0.3, -0.25) is 4.79 Å². The summed E-state index contributed by atoms with van der Waals surface area (Å²) in [4.78, 5) is 14.3. The molecule has 0 radical (unpaired) electrons. The predicted octanol–water partition coefficient (Wildman–Crippen LogP) is 4.11. The van der Waals surface area contributed by atoms with Gasteiger partial charge in [-0.05, 0) is 38.7 Å². The van der Waals surface area contributed by atoms with E-state index >= 15 is 0 Å². The molecule has 1 aliphatic rings. The minimum absolute atomic E-state index is 0.243. The third-order valence-electron chi connectivity index (χ3n) is 4.29. The van der Waals surface area contributed by atoms with Crippen LogP contribution < -0.4 is 0 Å². The predicted molar refractivity (Wildman–Crippen MR) is 89.8 cm³/mol. The number of hydrogen-bond donors (Lipinski definition) is 0. The molecular weight excluding hydrogens is 288 g/mol. The first-order valence-electron chi connectivity index (χ1n) is 8.40. The van der Waals surface area contributed by atoms with Gasteiger partial charge in [-0.25, -0.2) is 0 Å². The van der Waals surface area contributed by atoms with Crippen LogP contribution >= 0.6 is 0 Å². The Morgan fingerprint density at radius 1 is 1.30 bits per heavy atom. The van der Waals surface area contributed by atoms with E-state index in [0.717, 1.165) is 42.8 Å². The number of benzene rings is 1. The molecule has 1 amide bonds. The second-order valence-electron chi connectivity index (χ2n) is 6.53. The number of carbonyl (C=O) groups is 1. The molecule has 23 heavy (non-hydrogen) atoms. The van der Waals surface area contributed by atoms with E-state index in [9.17, 15) is 4.79 Å². The minimum Gasteiger partial charge on any atom is -0.356 e. The normalized spacial score (nSPS) is 14.0. The van der Waals surface area contributed by atoms with Crippen LogP contribution in [0.2, 0.25) is 0 Å². The molecule has 1 aliphatic carbocycles. The van der Waals surface area contributed by atoms with Crippen LogP contribution in [0.5, 0.6) is 0 Å². The highest BCUT2D eigenvalue weighted by atomic mass is 16.5. The minimum atomic E-state index is 0.243. The van der Waals surface area contributed by atoms with E-state index in [-0.39, 0.29) is 11.8 Å². The summed E-state index contributed by atoms with van der Waals surface area (Å²) in [7, 11) is 0. The Morgan fingerprint density at radius 2 is 2.09 bits per heavy atom. The molecule has 1 aromatic carbocycles. The average Bonchev–Trinajstić information content (AvgIpc) is 3.26. The summed E-state index contributed by atoms with van der Waals surface area (Å²) in [5.41, 5.74) is 4.29. The van der Waals surface area contributed by atoms with Crippen LogP contribution in [-0.2, 0) is 11.3 Å². The van der Waals surface area contributed by atoms with E-state index in [1.807, 2.05) is 11.0 Å². The van der Waals surface area contributed by atoms with Gasteiger partial charge in [0, 0.05) is 24.1 Å². The van der Waals surface area contributed by atoms with Crippen molar-refractivity contribution in [3.05, 3.63) is 41.1 Å². The van der Waals surface area contributed by atoms with Crippen molar-refractivity contribution in [2.24, 2.45) is 5.92 Å². The van der Waals surface area contributed by atoms with Crippen LogP contribution in [0, 0.1) is 19.8 Å². The van der Waals surface area contributed by atoms with Crippen molar-refractivity contribution in [1.82, 2.24) is 10.1 Å². The van der Waals surface area contributed by atoms with Crippen molar-refractivity contribution < 1.29 is 9.32 Å². The van der Waals surface area contributed by atoms with E-state index in [0.29, 0.717) is 6.54 Å². The molecule has 4 nitrogen and oxygen atoms in total. The number of aryl methyl sites for hydroxylation is 2. The van der Waals surface area contributed by atoms with Gasteiger partial charge in [0.25, 0.3) is 0 Å². The van der Waals surface area contributed by atoms with Gasteiger partial charge in [-0.2, -0.15) is 0 Å². The maximum atomic E-state index is 12.3. The Kier molecular flexibility index (Phi) is 4.51. The Balaban J connectivity index is 1.76. The molecule has 0 N–H and O–H groups in total. The Labute approximate surface area is 137 Å². The van der Waals surface area contributed by atoms with Crippen molar-refractivity contribution in [2.45, 2.75) is 46.6 Å². The Hall–Kier alpha value is -2.10. The second-order valence-corrected chi connectivity index (χ2v) is 6.53. The Morgan fingerprint density at radius 3 is 2.74 bits per heavy atom. The third-order valence-corrected chi connectivity index (χ3v) is 4.29. The van der Waals surface area contributed by atoms with Crippen molar-refractivity contribution in [3.8, 4) is 11.3 Å². The van der Waals surface area contributed by atoms with Crippen molar-refractivity contribution in [3.63, 3.8) is 0 Å². The second kappa shape index (κ2) is 6.57. The van der Waals surface area contributed by atoms with E-state index in [1.165, 1.54) is 11.1 Å². The number of carbonyl (C=O) groups excluding carboxylic acids is 1. The van der Waals surface area contributed by atoms with Crippen LogP contribution in [0.3, 0.4) is 0 Å². The lowest BCUT2D eigenvalue weighted by atomic mass is 10.0. The van der Waals surface area contributed by atoms with Gasteiger partial charge in [0.15, 0.2) is 5.76 Å². The monoisotopic (exact) mass is 312 g/mol. The first-order chi connectivity index (χ1) is 11.1. The van der Waals surface area contributed by atoms with Crippen LogP contribution in [-0.4, -0.2) is 22.5 Å². The zero-order valence-corrected chi connectivity index (χ0v) is 14.1. The van der Waals surface area contributed by atoms with Crippen LogP contribution in [0.4, 0.5) is 0 Å². The summed E-state index contributed by atoms with van der Waals surface area (Å²) in [6.45, 7) is 7.56. The maximum Gasteiger partial charge on any atom is 0.226 e. The SMILES string of the molecule is CCCN(Cc1cc(-c2ccc(C)cc2C)on1)C(=O)C1CC1. The first kappa shape index (κ1) is 15.8. The topological polar surface area (TPSA) is 46.3 Å². The molecule has 0 spiro atoms. The number of nitrogens with zero attached hydrogens (tertiary/aromatic N) is 2. The maximum absolute atomic E-state index is 12.3. The fourth-order valence-corrected chi connectivity index (χ4v) is 2.92. The molecule has 0 saturated heterocycles. The van der Waals surface area contributed by atoms with E-state index < -0.39 is 0 Å². The van der Waals surface area contributed by atoms with Crippen molar-refractivity contribution >= 4 is 5.91 Å². The van der Waals surface area contributed by atoms with Crippen molar-refractivity contribution in [2.75, 3.05) is 6.54 Å². The average molecular weight is 312 g/mol. The summed E-state index contributed by atoms with van der Waals surface area (Å²) in [5, 5.41) is 4.17. The number of hydrogen-bond acceptors (Lipinski definition) is 3. The number of amides is 1. The van der Waals surface area contributed by atoms with Gasteiger partial charge < -0.3 is 9.42 Å². The molecule has 1 heterocycles. The van der Waals surface area contributed by atoms with Gasteiger partial charge in [-0.1, -0.05) is 35.8 Å². The fraction of sp³-hybridized carbons (Fsp3) is 0.474. The van der Waals surface area contributed by atoms with E-state index in [2.05, 4.69) is 44.1 Å². The summed E-state index contributed by atoms with van der Waals surface area (Å²) < 4.78 is 5.52. The molecule has 0 aliphatic heterocycles. The zero-order chi connectivity index (χ0) is 16.4. The Bertz CT molecular complexity index is 701. The quantitative estimate of drug-likeness (QED) is 0.806. The van der Waals surface area contributed by atoms with Gasteiger partial charge in [0.1, 0.15) is 5.69 Å². The smallest absolute Gasteiger partial charge is 0.226 e. The van der Waals surface area contributed by atoms with Gasteiger partial charge >= 0.3 is 0 Å². The summed E-state index contributed by atoms with van der Waals surface area (Å²) in [6.07, 6.45) is 3.03. The first-order valence-corrected chi connectivity index (χ1v) is 8.40.